The number of ether oxygens (including phenoxy) is 1. The molecule has 2 atom stereocenters. The average Bonchev–Trinajstić information content (AvgIpc) is 3.10. The first-order valence-electron chi connectivity index (χ1n) is 9.58. The molecule has 2 N–H and O–H groups in total. The number of nitrogens with zero attached hydrogens (tertiary/aromatic N) is 3. The van der Waals surface area contributed by atoms with Crippen LogP contribution in [0.4, 0.5) is 4.79 Å². The molecular formula is C19H25N5O4. The Morgan fingerprint density at radius 1 is 1.25 bits per heavy atom. The summed E-state index contributed by atoms with van der Waals surface area (Å²) in [6.07, 6.45) is 4.20. The van der Waals surface area contributed by atoms with Crippen LogP contribution in [0.15, 0.2) is 18.2 Å². The van der Waals surface area contributed by atoms with E-state index in [0.717, 1.165) is 31.2 Å². The lowest BCUT2D eigenvalue weighted by atomic mass is 9.86. The highest BCUT2D eigenvalue weighted by Crippen LogP contribution is 2.23. The number of imide groups is 1. The number of rotatable bonds is 5. The van der Waals surface area contributed by atoms with Gasteiger partial charge in [-0.1, -0.05) is 25.0 Å². The van der Waals surface area contributed by atoms with E-state index in [0.29, 0.717) is 18.0 Å². The van der Waals surface area contributed by atoms with E-state index in [9.17, 15) is 14.4 Å². The van der Waals surface area contributed by atoms with E-state index in [4.69, 9.17) is 4.74 Å². The van der Waals surface area contributed by atoms with Gasteiger partial charge in [0.1, 0.15) is 5.52 Å². The van der Waals surface area contributed by atoms with E-state index in [2.05, 4.69) is 27.9 Å². The van der Waals surface area contributed by atoms with Crippen LogP contribution in [0.2, 0.25) is 0 Å². The number of nitrogens with one attached hydrogen (secondary N) is 2. The summed E-state index contributed by atoms with van der Waals surface area (Å²) in [6.45, 7) is 4.16. The van der Waals surface area contributed by atoms with Gasteiger partial charge in [-0.05, 0) is 43.9 Å². The highest BCUT2D eigenvalue weighted by atomic mass is 16.5. The molecule has 28 heavy (non-hydrogen) atoms. The number of hydrogen-bond acceptors (Lipinski definition) is 6. The van der Waals surface area contributed by atoms with Gasteiger partial charge in [0.05, 0.1) is 11.1 Å². The van der Waals surface area contributed by atoms with Crippen molar-refractivity contribution in [2.45, 2.75) is 52.1 Å². The Balaban J connectivity index is 1.48. The normalized spacial score (nSPS) is 19.2. The number of carbonyl (C=O) groups is 3. The summed E-state index contributed by atoms with van der Waals surface area (Å²) in [5.74, 6) is -0.954. The second-order valence-electron chi connectivity index (χ2n) is 7.07. The van der Waals surface area contributed by atoms with Crippen molar-refractivity contribution in [2.24, 2.45) is 5.92 Å². The molecule has 0 unspecified atom stereocenters. The molecular weight excluding hydrogens is 362 g/mol. The molecule has 150 valence electrons. The van der Waals surface area contributed by atoms with Crippen LogP contribution in [0.25, 0.3) is 11.0 Å². The molecule has 3 rings (SSSR count). The van der Waals surface area contributed by atoms with Crippen LogP contribution in [0.3, 0.4) is 0 Å². The molecule has 9 heteroatoms. The van der Waals surface area contributed by atoms with Gasteiger partial charge in [-0.3, -0.25) is 10.1 Å². The zero-order chi connectivity index (χ0) is 20.1. The van der Waals surface area contributed by atoms with Crippen molar-refractivity contribution in [2.75, 3.05) is 6.61 Å². The van der Waals surface area contributed by atoms with Crippen molar-refractivity contribution in [1.82, 2.24) is 25.6 Å². The molecule has 1 saturated carbocycles. The van der Waals surface area contributed by atoms with Crippen molar-refractivity contribution >= 4 is 28.9 Å². The molecule has 1 aromatic carbocycles. The number of aryl methyl sites for hydroxylation is 1. The average molecular weight is 387 g/mol. The lowest BCUT2D eigenvalue weighted by Gasteiger charge is -2.29. The molecule has 2 aromatic rings. The quantitative estimate of drug-likeness (QED) is 0.759. The number of amides is 3. The highest BCUT2D eigenvalue weighted by molar-refractivity contribution is 5.98. The molecule has 9 nitrogen and oxygen atoms in total. The zero-order valence-electron chi connectivity index (χ0n) is 16.1. The van der Waals surface area contributed by atoms with Crippen molar-refractivity contribution < 1.29 is 19.1 Å². The van der Waals surface area contributed by atoms with Crippen molar-refractivity contribution in [3.63, 3.8) is 0 Å². The minimum absolute atomic E-state index is 0.0624. The summed E-state index contributed by atoms with van der Waals surface area (Å²) in [5.41, 5.74) is 1.65. The number of fused-ring (bicyclic) bond motifs is 1. The van der Waals surface area contributed by atoms with Crippen LogP contribution >= 0.6 is 0 Å². The van der Waals surface area contributed by atoms with E-state index in [1.165, 1.54) is 0 Å². The summed E-state index contributed by atoms with van der Waals surface area (Å²) in [5, 5.41) is 13.0. The monoisotopic (exact) mass is 387 g/mol. The molecule has 1 heterocycles. The summed E-state index contributed by atoms with van der Waals surface area (Å²) < 4.78 is 6.71. The predicted molar refractivity (Wildman–Crippen MR) is 102 cm³/mol. The largest absolute Gasteiger partial charge is 0.452 e. The SMILES string of the molecule is CCn1nnc2cc(C(=O)OCC(=O)NC(=O)N[C@@H]3CCCC[C@@H]3C)ccc21. The van der Waals surface area contributed by atoms with Gasteiger partial charge in [-0.25, -0.2) is 14.3 Å². The number of hydrogen-bond donors (Lipinski definition) is 2. The van der Waals surface area contributed by atoms with Crippen LogP contribution in [0.5, 0.6) is 0 Å². The molecule has 1 aromatic heterocycles. The number of carbonyl (C=O) groups excluding carboxylic acids is 3. The number of benzene rings is 1. The third-order valence-electron chi connectivity index (χ3n) is 5.06. The molecule has 0 saturated heterocycles. The fraction of sp³-hybridized carbons (Fsp3) is 0.526. The Morgan fingerprint density at radius 3 is 2.79 bits per heavy atom. The minimum atomic E-state index is -0.674. The van der Waals surface area contributed by atoms with Gasteiger partial charge in [0.25, 0.3) is 5.91 Å². The van der Waals surface area contributed by atoms with E-state index in [1.807, 2.05) is 6.92 Å². The maximum atomic E-state index is 12.2. The van der Waals surface area contributed by atoms with Crippen LogP contribution in [0, 0.1) is 5.92 Å². The Labute approximate surface area is 162 Å². The fourth-order valence-corrected chi connectivity index (χ4v) is 3.45. The number of esters is 1. The molecule has 0 radical (unpaired) electrons. The Bertz CT molecular complexity index is 878. The van der Waals surface area contributed by atoms with E-state index < -0.39 is 24.5 Å². The second-order valence-corrected chi connectivity index (χ2v) is 7.07. The first-order valence-corrected chi connectivity index (χ1v) is 9.58. The molecule has 0 spiro atoms. The third kappa shape index (κ3) is 4.65. The van der Waals surface area contributed by atoms with E-state index in [1.54, 1.807) is 22.9 Å². The van der Waals surface area contributed by atoms with Crippen LogP contribution < -0.4 is 10.6 Å². The predicted octanol–water partition coefficient (Wildman–Crippen LogP) is 2.01. The molecule has 0 aliphatic heterocycles. The van der Waals surface area contributed by atoms with Crippen LogP contribution in [0.1, 0.15) is 49.9 Å². The fourth-order valence-electron chi connectivity index (χ4n) is 3.45. The number of urea groups is 1. The van der Waals surface area contributed by atoms with Gasteiger partial charge in [-0.2, -0.15) is 0 Å². The number of aromatic nitrogens is 3. The molecule has 1 aliphatic rings. The summed E-state index contributed by atoms with van der Waals surface area (Å²) in [7, 11) is 0. The first kappa shape index (κ1) is 19.8. The maximum Gasteiger partial charge on any atom is 0.338 e. The van der Waals surface area contributed by atoms with Crippen LogP contribution in [-0.4, -0.2) is 45.6 Å². The molecule has 1 aliphatic carbocycles. The zero-order valence-corrected chi connectivity index (χ0v) is 16.1. The van der Waals surface area contributed by atoms with E-state index in [-0.39, 0.29) is 11.6 Å². The first-order chi connectivity index (χ1) is 13.5. The Morgan fingerprint density at radius 2 is 2.04 bits per heavy atom. The van der Waals surface area contributed by atoms with Gasteiger partial charge >= 0.3 is 12.0 Å². The molecule has 1 fully saturated rings. The summed E-state index contributed by atoms with van der Waals surface area (Å²) in [4.78, 5) is 36.0. The smallest absolute Gasteiger partial charge is 0.338 e. The molecule has 0 bridgehead atoms. The van der Waals surface area contributed by atoms with E-state index >= 15 is 0 Å². The van der Waals surface area contributed by atoms with Crippen molar-refractivity contribution in [1.29, 1.82) is 0 Å². The lowest BCUT2D eigenvalue weighted by Crippen LogP contribution is -2.48. The van der Waals surface area contributed by atoms with Gasteiger partial charge in [0, 0.05) is 12.6 Å². The lowest BCUT2D eigenvalue weighted by molar-refractivity contribution is -0.123. The van der Waals surface area contributed by atoms with Crippen LogP contribution in [-0.2, 0) is 16.1 Å². The standard InChI is InChI=1S/C19H25N5O4/c1-3-24-16-9-8-13(10-15(16)22-23-24)18(26)28-11-17(25)21-19(27)20-14-7-5-4-6-12(14)2/h8-10,12,14H,3-7,11H2,1-2H3,(H2,20,21,25,27)/t12-,14+/m0/s1. The van der Waals surface area contributed by atoms with Gasteiger partial charge < -0.3 is 10.1 Å². The minimum Gasteiger partial charge on any atom is -0.452 e. The molecule has 3 amide bonds. The second kappa shape index (κ2) is 8.81. The van der Waals surface area contributed by atoms with Crippen molar-refractivity contribution in [3.8, 4) is 0 Å². The Kier molecular flexibility index (Phi) is 6.23. The van der Waals surface area contributed by atoms with Crippen molar-refractivity contribution in [3.05, 3.63) is 23.8 Å². The third-order valence-corrected chi connectivity index (χ3v) is 5.06. The van der Waals surface area contributed by atoms with Gasteiger partial charge in [0.2, 0.25) is 0 Å². The Hall–Kier alpha value is -2.97. The summed E-state index contributed by atoms with van der Waals surface area (Å²) >= 11 is 0. The topological polar surface area (TPSA) is 115 Å². The van der Waals surface area contributed by atoms with Gasteiger partial charge in [0.15, 0.2) is 6.61 Å². The van der Waals surface area contributed by atoms with Gasteiger partial charge in [-0.15, -0.1) is 5.10 Å². The highest BCUT2D eigenvalue weighted by Gasteiger charge is 2.23. The maximum absolute atomic E-state index is 12.2. The summed E-state index contributed by atoms with van der Waals surface area (Å²) in [6, 6.07) is 4.39.